The van der Waals surface area contributed by atoms with Crippen molar-refractivity contribution in [1.29, 1.82) is 0 Å². The van der Waals surface area contributed by atoms with E-state index in [1.54, 1.807) is 12.3 Å². The van der Waals surface area contributed by atoms with Crippen LogP contribution in [0.3, 0.4) is 0 Å². The Morgan fingerprint density at radius 1 is 1.08 bits per heavy atom. The number of aromatic carboxylic acids is 1. The molecule has 3 aromatic rings. The quantitative estimate of drug-likeness (QED) is 0.434. The molecular weight excluding hydrogens is 454 g/mol. The lowest BCUT2D eigenvalue weighted by molar-refractivity contribution is 0.0683. The number of rotatable bonds is 9. The van der Waals surface area contributed by atoms with Gasteiger partial charge in [0.2, 0.25) is 5.95 Å². The van der Waals surface area contributed by atoms with Crippen molar-refractivity contribution in [2.24, 2.45) is 5.92 Å². The van der Waals surface area contributed by atoms with Crippen LogP contribution in [0.2, 0.25) is 0 Å². The smallest absolute Gasteiger partial charge is 0.352 e. The van der Waals surface area contributed by atoms with Crippen LogP contribution < -0.4 is 10.2 Å². The van der Waals surface area contributed by atoms with E-state index in [1.165, 1.54) is 19.4 Å². The molecular formula is C27H37N7O2. The Morgan fingerprint density at radius 3 is 2.47 bits per heavy atom. The van der Waals surface area contributed by atoms with Gasteiger partial charge in [0.05, 0.1) is 11.9 Å². The summed E-state index contributed by atoms with van der Waals surface area (Å²) >= 11 is 0. The molecule has 1 saturated heterocycles. The molecule has 1 aliphatic carbocycles. The third-order valence-corrected chi connectivity index (χ3v) is 7.88. The molecule has 9 nitrogen and oxygen atoms in total. The van der Waals surface area contributed by atoms with Crippen LogP contribution >= 0.6 is 0 Å². The topological polar surface area (TPSA) is 99.4 Å². The molecule has 0 radical (unpaired) electrons. The fraction of sp³-hybridized carbons (Fsp3) is 0.556. The van der Waals surface area contributed by atoms with E-state index >= 15 is 0 Å². The predicted molar refractivity (Wildman–Crippen MR) is 142 cm³/mol. The highest BCUT2D eigenvalue weighted by atomic mass is 16.4. The molecule has 0 aromatic carbocycles. The summed E-state index contributed by atoms with van der Waals surface area (Å²) in [6.45, 7) is 9.97. The lowest BCUT2D eigenvalue weighted by Crippen LogP contribution is -2.47. The lowest BCUT2D eigenvalue weighted by atomic mass is 10.0. The number of pyridine rings is 1. The number of aromatic nitrogens is 4. The molecule has 36 heavy (non-hydrogen) atoms. The van der Waals surface area contributed by atoms with Crippen LogP contribution in [0, 0.1) is 5.92 Å². The number of anilines is 3. The zero-order valence-electron chi connectivity index (χ0n) is 21.4. The minimum atomic E-state index is -0.928. The Bertz CT molecular complexity index is 1170. The first kappa shape index (κ1) is 24.5. The van der Waals surface area contributed by atoms with Crippen molar-refractivity contribution in [2.75, 3.05) is 42.9 Å². The second kappa shape index (κ2) is 10.8. The monoisotopic (exact) mass is 491 g/mol. The zero-order valence-corrected chi connectivity index (χ0v) is 21.4. The Kier molecular flexibility index (Phi) is 7.36. The van der Waals surface area contributed by atoms with Crippen molar-refractivity contribution < 1.29 is 9.90 Å². The maximum absolute atomic E-state index is 11.9. The first-order chi connectivity index (χ1) is 17.6. The standard InChI is InChI=1S/C27H37N7O2/c1-3-19(4-2)18-32-11-13-33(14-12-32)22-9-10-24(28-17-22)30-27-29-16-20-15-23(26(35)36)34(25(20)31-27)21-7-5-6-8-21/h9-10,15-17,19,21H,3-8,11-14,18H2,1-2H3,(H,35,36)(H,28,29,30,31). The first-order valence-corrected chi connectivity index (χ1v) is 13.4. The van der Waals surface area contributed by atoms with Crippen LogP contribution in [0.15, 0.2) is 30.6 Å². The van der Waals surface area contributed by atoms with E-state index in [1.807, 2.05) is 16.8 Å². The molecule has 192 valence electrons. The molecule has 2 aliphatic rings. The number of hydrogen-bond acceptors (Lipinski definition) is 7. The minimum absolute atomic E-state index is 0.170. The number of piperazine rings is 1. The van der Waals surface area contributed by atoms with Crippen LogP contribution in [0.1, 0.15) is 68.9 Å². The van der Waals surface area contributed by atoms with Gasteiger partial charge in [0.1, 0.15) is 17.2 Å². The number of carbonyl (C=O) groups is 1. The van der Waals surface area contributed by atoms with Gasteiger partial charge in [-0.25, -0.2) is 14.8 Å². The maximum atomic E-state index is 11.9. The second-order valence-corrected chi connectivity index (χ2v) is 10.1. The van der Waals surface area contributed by atoms with Gasteiger partial charge in [-0.15, -0.1) is 0 Å². The summed E-state index contributed by atoms with van der Waals surface area (Å²) in [4.78, 5) is 30.6. The Balaban J connectivity index is 1.26. The van der Waals surface area contributed by atoms with Gasteiger partial charge in [0.25, 0.3) is 0 Å². The normalized spacial score (nSPS) is 17.4. The molecule has 0 amide bonds. The third kappa shape index (κ3) is 5.16. The molecule has 1 aliphatic heterocycles. The molecule has 0 atom stereocenters. The van der Waals surface area contributed by atoms with Gasteiger partial charge in [-0.3, -0.25) is 4.90 Å². The number of fused-ring (bicyclic) bond motifs is 1. The van der Waals surface area contributed by atoms with Crippen LogP contribution in [0.5, 0.6) is 0 Å². The number of carboxylic acids is 1. The predicted octanol–water partition coefficient (Wildman–Crippen LogP) is 4.94. The summed E-state index contributed by atoms with van der Waals surface area (Å²) in [5, 5.41) is 13.7. The highest BCUT2D eigenvalue weighted by Crippen LogP contribution is 2.34. The molecule has 3 aromatic heterocycles. The fourth-order valence-corrected chi connectivity index (χ4v) is 5.63. The first-order valence-electron chi connectivity index (χ1n) is 13.4. The summed E-state index contributed by atoms with van der Waals surface area (Å²) < 4.78 is 1.89. The molecule has 2 fully saturated rings. The van der Waals surface area contributed by atoms with Gasteiger partial charge in [-0.05, 0) is 37.0 Å². The highest BCUT2D eigenvalue weighted by molar-refractivity contribution is 5.93. The number of hydrogen-bond donors (Lipinski definition) is 2. The van der Waals surface area contributed by atoms with Crippen molar-refractivity contribution in [3.8, 4) is 0 Å². The van der Waals surface area contributed by atoms with Gasteiger partial charge < -0.3 is 19.9 Å². The lowest BCUT2D eigenvalue weighted by Gasteiger charge is -2.37. The van der Waals surface area contributed by atoms with Crippen LogP contribution in [0.25, 0.3) is 11.0 Å². The molecule has 5 rings (SSSR count). The van der Waals surface area contributed by atoms with E-state index in [9.17, 15) is 9.90 Å². The molecule has 4 heterocycles. The van der Waals surface area contributed by atoms with Crippen LogP contribution in [-0.2, 0) is 0 Å². The number of carboxylic acid groups (broad SMARTS) is 1. The average molecular weight is 492 g/mol. The SMILES string of the molecule is CCC(CC)CN1CCN(c2ccc(Nc3ncc4cc(C(=O)O)n(C5CCCC5)c4n3)nc2)CC1. The van der Waals surface area contributed by atoms with E-state index in [4.69, 9.17) is 4.98 Å². The van der Waals surface area contributed by atoms with E-state index < -0.39 is 5.97 Å². The Labute approximate surface area is 212 Å². The minimum Gasteiger partial charge on any atom is -0.477 e. The van der Waals surface area contributed by atoms with Gasteiger partial charge in [-0.2, -0.15) is 4.98 Å². The average Bonchev–Trinajstić information content (AvgIpc) is 3.56. The summed E-state index contributed by atoms with van der Waals surface area (Å²) in [6, 6.07) is 5.90. The van der Waals surface area contributed by atoms with Gasteiger partial charge >= 0.3 is 5.97 Å². The fourth-order valence-electron chi connectivity index (χ4n) is 5.63. The summed E-state index contributed by atoms with van der Waals surface area (Å²) in [7, 11) is 0. The summed E-state index contributed by atoms with van der Waals surface area (Å²) in [6.07, 6.45) is 10.3. The molecule has 0 spiro atoms. The van der Waals surface area contributed by atoms with Crippen molar-refractivity contribution in [1.82, 2.24) is 24.4 Å². The van der Waals surface area contributed by atoms with Gasteiger partial charge in [-0.1, -0.05) is 39.5 Å². The van der Waals surface area contributed by atoms with E-state index in [0.717, 1.165) is 68.9 Å². The molecule has 2 N–H and O–H groups in total. The summed E-state index contributed by atoms with van der Waals surface area (Å²) in [5.41, 5.74) is 2.07. The molecule has 0 unspecified atom stereocenters. The van der Waals surface area contributed by atoms with Crippen LogP contribution in [-0.4, -0.2) is 68.2 Å². The third-order valence-electron chi connectivity index (χ3n) is 7.88. The maximum Gasteiger partial charge on any atom is 0.352 e. The number of nitrogens with zero attached hydrogens (tertiary/aromatic N) is 6. The molecule has 1 saturated carbocycles. The zero-order chi connectivity index (χ0) is 25.1. The largest absolute Gasteiger partial charge is 0.477 e. The van der Waals surface area contributed by atoms with E-state index in [0.29, 0.717) is 17.4 Å². The van der Waals surface area contributed by atoms with Crippen molar-refractivity contribution in [3.63, 3.8) is 0 Å². The molecule has 0 bridgehead atoms. The van der Waals surface area contributed by atoms with Gasteiger partial charge in [0.15, 0.2) is 0 Å². The van der Waals surface area contributed by atoms with E-state index in [2.05, 4.69) is 45.0 Å². The van der Waals surface area contributed by atoms with Gasteiger partial charge in [0, 0.05) is 50.3 Å². The van der Waals surface area contributed by atoms with Crippen molar-refractivity contribution in [2.45, 2.75) is 58.4 Å². The number of nitrogens with one attached hydrogen (secondary N) is 1. The molecule has 9 heteroatoms. The second-order valence-electron chi connectivity index (χ2n) is 10.1. The van der Waals surface area contributed by atoms with Crippen molar-refractivity contribution >= 4 is 34.5 Å². The summed E-state index contributed by atoms with van der Waals surface area (Å²) in [5.74, 6) is 0.958. The highest BCUT2D eigenvalue weighted by Gasteiger charge is 2.25. The van der Waals surface area contributed by atoms with E-state index in [-0.39, 0.29) is 11.7 Å². The van der Waals surface area contributed by atoms with Crippen LogP contribution in [0.4, 0.5) is 17.5 Å². The Hall–Kier alpha value is -3.20. The Morgan fingerprint density at radius 2 is 1.83 bits per heavy atom. The van der Waals surface area contributed by atoms with Crippen molar-refractivity contribution in [3.05, 3.63) is 36.3 Å².